The maximum Gasteiger partial charge on any atom is 0.417 e. The first-order valence-corrected chi connectivity index (χ1v) is 7.41. The van der Waals surface area contributed by atoms with Gasteiger partial charge in [-0.05, 0) is 36.4 Å². The fraction of sp³-hybridized carbons (Fsp3) is 0.0714. The maximum atomic E-state index is 12.9. The number of nitriles is 1. The van der Waals surface area contributed by atoms with E-state index in [9.17, 15) is 21.6 Å². The SMILES string of the molecule is N#Cc1ccc(NS(=O)(=O)c2ccccc2C(F)(F)F)cc1. The molecular formula is C14H9F3N2O2S. The molecule has 4 nitrogen and oxygen atoms in total. The predicted molar refractivity (Wildman–Crippen MR) is 73.4 cm³/mol. The Balaban J connectivity index is 2.41. The lowest BCUT2D eigenvalue weighted by Crippen LogP contribution is -2.18. The predicted octanol–water partition coefficient (Wildman–Crippen LogP) is 3.38. The Morgan fingerprint density at radius 1 is 1.00 bits per heavy atom. The van der Waals surface area contributed by atoms with Crippen molar-refractivity contribution >= 4 is 15.7 Å². The second-order valence-electron chi connectivity index (χ2n) is 4.29. The van der Waals surface area contributed by atoms with Crippen molar-refractivity contribution in [2.24, 2.45) is 0 Å². The Bertz CT molecular complexity index is 822. The third-order valence-corrected chi connectivity index (χ3v) is 4.19. The molecule has 2 rings (SSSR count). The highest BCUT2D eigenvalue weighted by Gasteiger charge is 2.36. The average molecular weight is 326 g/mol. The molecule has 0 unspecified atom stereocenters. The summed E-state index contributed by atoms with van der Waals surface area (Å²) in [6, 6.07) is 11.1. The lowest BCUT2D eigenvalue weighted by Gasteiger charge is -2.14. The van der Waals surface area contributed by atoms with E-state index in [4.69, 9.17) is 5.26 Å². The van der Waals surface area contributed by atoms with Gasteiger partial charge in [-0.3, -0.25) is 4.72 Å². The van der Waals surface area contributed by atoms with Gasteiger partial charge in [-0.25, -0.2) is 8.42 Å². The van der Waals surface area contributed by atoms with Gasteiger partial charge in [0.15, 0.2) is 0 Å². The minimum Gasteiger partial charge on any atom is -0.280 e. The quantitative estimate of drug-likeness (QED) is 0.940. The molecule has 0 saturated heterocycles. The van der Waals surface area contributed by atoms with Crippen LogP contribution in [0.2, 0.25) is 0 Å². The average Bonchev–Trinajstić information content (AvgIpc) is 2.47. The van der Waals surface area contributed by atoms with Gasteiger partial charge in [0.1, 0.15) is 0 Å². The number of hydrogen-bond acceptors (Lipinski definition) is 3. The van der Waals surface area contributed by atoms with Gasteiger partial charge in [-0.15, -0.1) is 0 Å². The monoisotopic (exact) mass is 326 g/mol. The number of alkyl halides is 3. The van der Waals surface area contributed by atoms with Crippen LogP contribution in [0.5, 0.6) is 0 Å². The first kappa shape index (κ1) is 15.9. The van der Waals surface area contributed by atoms with Crippen LogP contribution in [0, 0.1) is 11.3 Å². The summed E-state index contributed by atoms with van der Waals surface area (Å²) in [7, 11) is -4.40. The molecule has 1 N–H and O–H groups in total. The lowest BCUT2D eigenvalue weighted by molar-refractivity contribution is -0.139. The highest BCUT2D eigenvalue weighted by molar-refractivity contribution is 7.92. The molecule has 0 aromatic heterocycles. The van der Waals surface area contributed by atoms with Gasteiger partial charge in [-0.1, -0.05) is 12.1 Å². The van der Waals surface area contributed by atoms with E-state index in [2.05, 4.69) is 4.72 Å². The first-order valence-electron chi connectivity index (χ1n) is 5.93. The van der Waals surface area contributed by atoms with Crippen LogP contribution < -0.4 is 4.72 Å². The second-order valence-corrected chi connectivity index (χ2v) is 5.94. The Kier molecular flexibility index (Phi) is 4.10. The normalized spacial score (nSPS) is 11.7. The van der Waals surface area contributed by atoms with Crippen LogP contribution >= 0.6 is 0 Å². The Hall–Kier alpha value is -2.53. The van der Waals surface area contributed by atoms with E-state index in [1.165, 1.54) is 30.3 Å². The van der Waals surface area contributed by atoms with Crippen molar-refractivity contribution in [1.82, 2.24) is 0 Å². The number of nitrogens with one attached hydrogen (secondary N) is 1. The molecule has 114 valence electrons. The molecule has 2 aromatic carbocycles. The summed E-state index contributed by atoms with van der Waals surface area (Å²) in [6.45, 7) is 0. The molecule has 0 aliphatic rings. The molecule has 2 aromatic rings. The van der Waals surface area contributed by atoms with Gasteiger partial charge in [-0.2, -0.15) is 18.4 Å². The van der Waals surface area contributed by atoms with Gasteiger partial charge >= 0.3 is 6.18 Å². The van der Waals surface area contributed by atoms with Crippen molar-refractivity contribution in [3.05, 3.63) is 59.7 Å². The van der Waals surface area contributed by atoms with Crippen molar-refractivity contribution < 1.29 is 21.6 Å². The summed E-state index contributed by atoms with van der Waals surface area (Å²) in [5.41, 5.74) is -0.870. The summed E-state index contributed by atoms with van der Waals surface area (Å²) in [4.78, 5) is -0.855. The molecule has 0 spiro atoms. The number of anilines is 1. The molecule has 0 amide bonds. The molecule has 0 bridgehead atoms. The van der Waals surface area contributed by atoms with Crippen molar-refractivity contribution in [3.8, 4) is 6.07 Å². The molecule has 0 fully saturated rings. The number of nitrogens with zero attached hydrogens (tertiary/aromatic N) is 1. The molecule has 8 heteroatoms. The number of rotatable bonds is 3. The topological polar surface area (TPSA) is 70.0 Å². The third-order valence-electron chi connectivity index (χ3n) is 2.75. The molecule has 0 aliphatic heterocycles. The largest absolute Gasteiger partial charge is 0.417 e. The van der Waals surface area contributed by atoms with Crippen molar-refractivity contribution in [3.63, 3.8) is 0 Å². The Morgan fingerprint density at radius 2 is 1.59 bits per heavy atom. The van der Waals surface area contributed by atoms with Gasteiger partial charge in [0, 0.05) is 5.69 Å². The third kappa shape index (κ3) is 3.38. The highest BCUT2D eigenvalue weighted by atomic mass is 32.2. The molecular weight excluding hydrogens is 317 g/mol. The molecule has 0 radical (unpaired) electrons. The van der Waals surface area contributed by atoms with E-state index in [0.29, 0.717) is 11.6 Å². The van der Waals surface area contributed by atoms with Gasteiger partial charge < -0.3 is 0 Å². The summed E-state index contributed by atoms with van der Waals surface area (Å²) in [6.07, 6.45) is -4.78. The van der Waals surface area contributed by atoms with Crippen LogP contribution in [0.25, 0.3) is 0 Å². The summed E-state index contributed by atoms with van der Waals surface area (Å²) < 4.78 is 65.0. The van der Waals surface area contributed by atoms with Crippen LogP contribution in [-0.4, -0.2) is 8.42 Å². The molecule has 0 saturated carbocycles. The van der Waals surface area contributed by atoms with Gasteiger partial charge in [0.05, 0.1) is 22.1 Å². The van der Waals surface area contributed by atoms with Crippen molar-refractivity contribution in [1.29, 1.82) is 5.26 Å². The van der Waals surface area contributed by atoms with Crippen LogP contribution in [0.4, 0.5) is 18.9 Å². The lowest BCUT2D eigenvalue weighted by atomic mass is 10.2. The van der Waals surface area contributed by atoms with Crippen LogP contribution in [0.1, 0.15) is 11.1 Å². The zero-order valence-electron chi connectivity index (χ0n) is 10.9. The summed E-state index contributed by atoms with van der Waals surface area (Å²) in [5, 5.41) is 8.65. The highest BCUT2D eigenvalue weighted by Crippen LogP contribution is 2.34. The minimum atomic E-state index is -4.78. The van der Waals surface area contributed by atoms with E-state index >= 15 is 0 Å². The fourth-order valence-electron chi connectivity index (χ4n) is 1.76. The van der Waals surface area contributed by atoms with Crippen LogP contribution in [0.15, 0.2) is 53.4 Å². The Morgan fingerprint density at radius 3 is 2.14 bits per heavy atom. The standard InChI is InChI=1S/C14H9F3N2O2S/c15-14(16,17)12-3-1-2-4-13(12)22(20,21)19-11-7-5-10(9-18)6-8-11/h1-8,19H. The Labute approximate surface area is 124 Å². The van der Waals surface area contributed by atoms with E-state index < -0.39 is 26.7 Å². The van der Waals surface area contributed by atoms with Gasteiger partial charge in [0.25, 0.3) is 10.0 Å². The number of sulfonamides is 1. The number of hydrogen-bond donors (Lipinski definition) is 1. The van der Waals surface area contributed by atoms with Crippen molar-refractivity contribution in [2.45, 2.75) is 11.1 Å². The summed E-state index contributed by atoms with van der Waals surface area (Å²) >= 11 is 0. The first-order chi connectivity index (χ1) is 10.2. The maximum absolute atomic E-state index is 12.9. The van der Waals surface area contributed by atoms with Crippen LogP contribution in [-0.2, 0) is 16.2 Å². The number of halogens is 3. The van der Waals surface area contributed by atoms with E-state index in [-0.39, 0.29) is 5.69 Å². The van der Waals surface area contributed by atoms with Crippen LogP contribution in [0.3, 0.4) is 0 Å². The van der Waals surface area contributed by atoms with E-state index in [0.717, 1.165) is 12.1 Å². The zero-order chi connectivity index (χ0) is 16.4. The summed E-state index contributed by atoms with van der Waals surface area (Å²) in [5.74, 6) is 0. The fourth-order valence-corrected chi connectivity index (χ4v) is 3.05. The molecule has 0 atom stereocenters. The second kappa shape index (κ2) is 5.69. The minimum absolute atomic E-state index is 0.0657. The smallest absolute Gasteiger partial charge is 0.280 e. The molecule has 0 aliphatic carbocycles. The van der Waals surface area contributed by atoms with Gasteiger partial charge in [0.2, 0.25) is 0 Å². The molecule has 0 heterocycles. The molecule has 22 heavy (non-hydrogen) atoms. The zero-order valence-corrected chi connectivity index (χ0v) is 11.7. The number of benzene rings is 2. The van der Waals surface area contributed by atoms with Crippen molar-refractivity contribution in [2.75, 3.05) is 4.72 Å². The van der Waals surface area contributed by atoms with E-state index in [1.54, 1.807) is 0 Å². The van der Waals surface area contributed by atoms with E-state index in [1.807, 2.05) is 6.07 Å².